The average molecular weight is 369 g/mol. The van der Waals surface area contributed by atoms with Gasteiger partial charge in [0, 0.05) is 12.8 Å². The number of hydrogen-bond donors (Lipinski definition) is 0. The molecule has 0 radical (unpaired) electrons. The predicted molar refractivity (Wildman–Crippen MR) is 97.7 cm³/mol. The van der Waals surface area contributed by atoms with Crippen molar-refractivity contribution in [1.82, 2.24) is 5.06 Å². The molecule has 0 spiro atoms. The third kappa shape index (κ3) is 2.73. The van der Waals surface area contributed by atoms with Crippen LogP contribution in [0.15, 0.2) is 34.9 Å². The van der Waals surface area contributed by atoms with E-state index < -0.39 is 17.8 Å². The number of hydrogen-bond acceptors (Lipinski definition) is 6. The van der Waals surface area contributed by atoms with E-state index in [9.17, 15) is 14.4 Å². The number of amidine groups is 1. The van der Waals surface area contributed by atoms with Gasteiger partial charge in [-0.15, -0.1) is 5.06 Å². The van der Waals surface area contributed by atoms with Gasteiger partial charge >= 0.3 is 5.97 Å². The summed E-state index contributed by atoms with van der Waals surface area (Å²) in [5.74, 6) is -1.23. The number of anilines is 1. The van der Waals surface area contributed by atoms with Crippen molar-refractivity contribution in [3.63, 3.8) is 0 Å². The summed E-state index contributed by atoms with van der Waals surface area (Å²) < 4.78 is 0.468. The lowest BCUT2D eigenvalue weighted by molar-refractivity contribution is -0.925. The fourth-order valence-corrected chi connectivity index (χ4v) is 3.59. The van der Waals surface area contributed by atoms with Gasteiger partial charge in [0.15, 0.2) is 6.67 Å². The average Bonchev–Trinajstić information content (AvgIpc) is 3.23. The van der Waals surface area contributed by atoms with E-state index in [1.165, 1.54) is 0 Å². The summed E-state index contributed by atoms with van der Waals surface area (Å²) in [6.45, 7) is 6.29. The maximum atomic E-state index is 12.8. The largest absolute Gasteiger partial charge is 0.367 e. The van der Waals surface area contributed by atoms with Gasteiger partial charge in [0.25, 0.3) is 11.8 Å². The van der Waals surface area contributed by atoms with Gasteiger partial charge < -0.3 is 4.84 Å². The minimum Gasteiger partial charge on any atom is -0.325 e. The molecule has 0 N–H and O–H groups in total. The van der Waals surface area contributed by atoms with E-state index in [-0.39, 0.29) is 18.4 Å². The second-order valence-electron chi connectivity index (χ2n) is 6.80. The van der Waals surface area contributed by atoms with Crippen LogP contribution in [0.1, 0.15) is 32.3 Å². The van der Waals surface area contributed by atoms with E-state index in [0.29, 0.717) is 22.2 Å². The van der Waals surface area contributed by atoms with Gasteiger partial charge in [0.2, 0.25) is 5.84 Å². The van der Waals surface area contributed by atoms with Crippen molar-refractivity contribution in [2.45, 2.75) is 26.7 Å². The van der Waals surface area contributed by atoms with Crippen LogP contribution in [0.5, 0.6) is 0 Å². The van der Waals surface area contributed by atoms with Crippen molar-refractivity contribution in [2.24, 2.45) is 5.10 Å². The Bertz CT molecular complexity index is 885. The summed E-state index contributed by atoms with van der Waals surface area (Å²) >= 11 is 0. The summed E-state index contributed by atoms with van der Waals surface area (Å²) in [6.07, 6.45) is 1.84. The van der Waals surface area contributed by atoms with Gasteiger partial charge in [-0.2, -0.15) is 4.59 Å². The molecule has 0 atom stereocenters. The van der Waals surface area contributed by atoms with Crippen LogP contribution < -0.4 is 4.90 Å². The zero-order chi connectivity index (χ0) is 19.2. The number of imide groups is 1. The highest BCUT2D eigenvalue weighted by Gasteiger charge is 2.44. The van der Waals surface area contributed by atoms with Crippen LogP contribution in [0.4, 0.5) is 5.69 Å². The zero-order valence-corrected chi connectivity index (χ0v) is 15.3. The van der Waals surface area contributed by atoms with Gasteiger partial charge in [-0.25, -0.2) is 4.79 Å². The number of carbonyl (C=O) groups is 3. The lowest BCUT2D eigenvalue weighted by atomic mass is 10.0. The molecule has 0 unspecified atom stereocenters. The molecule has 0 saturated carbocycles. The zero-order valence-electron chi connectivity index (χ0n) is 15.3. The first-order valence-electron chi connectivity index (χ1n) is 9.11. The highest BCUT2D eigenvalue weighted by molar-refractivity contribution is 6.30. The van der Waals surface area contributed by atoms with Crippen LogP contribution in [0.25, 0.3) is 6.08 Å². The number of para-hydroxylation sites is 1. The summed E-state index contributed by atoms with van der Waals surface area (Å²) in [7, 11) is 0. The fourth-order valence-electron chi connectivity index (χ4n) is 3.59. The quantitative estimate of drug-likeness (QED) is 0.595. The molecule has 1 fully saturated rings. The molecule has 8 heteroatoms. The molecular formula is C19H21N4O4+. The van der Waals surface area contributed by atoms with E-state index in [4.69, 9.17) is 9.94 Å². The predicted octanol–water partition coefficient (Wildman–Crippen LogP) is 1.64. The van der Waals surface area contributed by atoms with Crippen molar-refractivity contribution < 1.29 is 23.8 Å². The number of carbonyl (C=O) groups excluding carboxylic acids is 3. The molecule has 27 heavy (non-hydrogen) atoms. The molecule has 0 bridgehead atoms. The van der Waals surface area contributed by atoms with Crippen LogP contribution in [-0.2, 0) is 19.2 Å². The van der Waals surface area contributed by atoms with Crippen molar-refractivity contribution in [2.75, 3.05) is 24.7 Å². The summed E-state index contributed by atoms with van der Waals surface area (Å²) in [5.41, 5.74) is 2.10. The maximum absolute atomic E-state index is 12.8. The van der Waals surface area contributed by atoms with E-state index >= 15 is 0 Å². The molecule has 3 aliphatic heterocycles. The number of amides is 2. The molecule has 1 aromatic rings. The SMILES string of the molecule is CC[N+]1(CC)CN2C(=N1)C(C(=O)ON1C(=O)CCC1=O)=Cc1ccccc12. The van der Waals surface area contributed by atoms with Gasteiger partial charge in [0.05, 0.1) is 5.69 Å². The molecule has 1 aromatic carbocycles. The number of nitrogens with zero attached hydrogens (tertiary/aromatic N) is 4. The Morgan fingerprint density at radius 1 is 1.15 bits per heavy atom. The number of fused-ring (bicyclic) bond motifs is 3. The van der Waals surface area contributed by atoms with Crippen LogP contribution >= 0.6 is 0 Å². The second kappa shape index (κ2) is 6.31. The lowest BCUT2D eigenvalue weighted by Crippen LogP contribution is -2.45. The van der Waals surface area contributed by atoms with Gasteiger partial charge in [-0.05, 0) is 31.6 Å². The smallest absolute Gasteiger partial charge is 0.325 e. The fraction of sp³-hybridized carbons (Fsp3) is 0.368. The third-order valence-electron chi connectivity index (χ3n) is 5.31. The van der Waals surface area contributed by atoms with E-state index in [0.717, 1.165) is 24.3 Å². The van der Waals surface area contributed by atoms with E-state index in [1.807, 2.05) is 29.2 Å². The Morgan fingerprint density at radius 3 is 2.48 bits per heavy atom. The first kappa shape index (κ1) is 17.4. The molecule has 0 aliphatic carbocycles. The minimum atomic E-state index is -0.746. The highest BCUT2D eigenvalue weighted by atomic mass is 16.7. The Labute approximate surface area is 156 Å². The van der Waals surface area contributed by atoms with Crippen molar-refractivity contribution in [1.29, 1.82) is 0 Å². The summed E-state index contributed by atoms with van der Waals surface area (Å²) in [4.78, 5) is 43.6. The van der Waals surface area contributed by atoms with Gasteiger partial charge in [-0.1, -0.05) is 23.3 Å². The topological polar surface area (TPSA) is 79.3 Å². The molecule has 8 nitrogen and oxygen atoms in total. The molecule has 2 amide bonds. The number of quaternary nitrogens is 1. The van der Waals surface area contributed by atoms with E-state index in [2.05, 4.69) is 13.8 Å². The van der Waals surface area contributed by atoms with Gasteiger partial charge in [0.1, 0.15) is 18.7 Å². The highest BCUT2D eigenvalue weighted by Crippen LogP contribution is 2.36. The lowest BCUT2D eigenvalue weighted by Gasteiger charge is -2.29. The minimum absolute atomic E-state index is 0.0622. The van der Waals surface area contributed by atoms with Crippen molar-refractivity contribution in [3.8, 4) is 0 Å². The molecule has 3 aliphatic rings. The number of hydroxylamine groups is 2. The van der Waals surface area contributed by atoms with Gasteiger partial charge in [-0.3, -0.25) is 14.5 Å². The summed E-state index contributed by atoms with van der Waals surface area (Å²) in [6, 6.07) is 7.74. The van der Waals surface area contributed by atoms with Crippen LogP contribution in [0, 0.1) is 0 Å². The number of rotatable bonds is 4. The monoisotopic (exact) mass is 369 g/mol. The van der Waals surface area contributed by atoms with Crippen molar-refractivity contribution >= 4 is 35.4 Å². The molecule has 1 saturated heterocycles. The third-order valence-corrected chi connectivity index (χ3v) is 5.31. The molecule has 4 rings (SSSR count). The van der Waals surface area contributed by atoms with Crippen LogP contribution in [0.3, 0.4) is 0 Å². The first-order chi connectivity index (χ1) is 13.0. The van der Waals surface area contributed by atoms with Crippen LogP contribution in [-0.4, -0.2) is 53.0 Å². The van der Waals surface area contributed by atoms with Crippen molar-refractivity contribution in [3.05, 3.63) is 35.4 Å². The molecule has 0 aromatic heterocycles. The standard InChI is InChI=1S/C19H21N4O4/c1-3-23(4-2)12-21-15-8-6-5-7-13(15)11-14(18(21)20-23)19(26)27-22-16(24)9-10-17(22)25/h5-8,11H,3-4,9-10,12H2,1-2H3/q+1. The Morgan fingerprint density at radius 2 is 1.81 bits per heavy atom. The molecule has 3 heterocycles. The number of benzene rings is 1. The molecule has 140 valence electrons. The second-order valence-corrected chi connectivity index (χ2v) is 6.80. The van der Waals surface area contributed by atoms with Crippen LogP contribution in [0.2, 0.25) is 0 Å². The molecular weight excluding hydrogens is 348 g/mol. The normalized spacial score (nSPS) is 20.2. The Balaban J connectivity index is 1.74. The summed E-state index contributed by atoms with van der Waals surface area (Å²) in [5, 5.41) is 5.39. The first-order valence-corrected chi connectivity index (χ1v) is 9.11. The van der Waals surface area contributed by atoms with E-state index in [1.54, 1.807) is 6.08 Å². The Hall–Kier alpha value is -3.00. The Kier molecular flexibility index (Phi) is 4.07. The maximum Gasteiger partial charge on any atom is 0.367 e.